The van der Waals surface area contributed by atoms with Crippen LogP contribution in [0.5, 0.6) is 11.5 Å². The summed E-state index contributed by atoms with van der Waals surface area (Å²) in [5.74, 6) is 0.0837. The fraction of sp³-hybridized carbons (Fsp3) is 0.182. The van der Waals surface area contributed by atoms with Crippen LogP contribution in [0, 0.1) is 5.82 Å². The Labute approximate surface area is 177 Å². The molecule has 9 heteroatoms. The first-order chi connectivity index (χ1) is 14.9. The van der Waals surface area contributed by atoms with E-state index >= 15 is 0 Å². The standard InChI is InChI=1S/C22H21FN4O4/c1-13(2)31-20-10-14(4-9-19(20)30-3)12-24-27-21(28)18-11-17(25-22(29)26-18)15-5-7-16(23)8-6-15/h4-13H,1-3H3,(H,27,28)(H,25,26,29)/b24-12+. The van der Waals surface area contributed by atoms with E-state index in [0.717, 1.165) is 0 Å². The second-order valence-corrected chi connectivity index (χ2v) is 6.77. The number of nitrogens with one attached hydrogen (secondary N) is 2. The number of aromatic amines is 1. The molecule has 0 spiro atoms. The molecule has 3 rings (SSSR count). The van der Waals surface area contributed by atoms with Gasteiger partial charge in [0.25, 0.3) is 5.91 Å². The fourth-order valence-electron chi connectivity index (χ4n) is 2.69. The Bertz CT molecular complexity index is 1160. The molecule has 2 aromatic carbocycles. The van der Waals surface area contributed by atoms with Crippen molar-refractivity contribution >= 4 is 12.1 Å². The molecule has 0 saturated heterocycles. The lowest BCUT2D eigenvalue weighted by Crippen LogP contribution is -2.24. The molecule has 2 N–H and O–H groups in total. The maximum Gasteiger partial charge on any atom is 0.346 e. The number of rotatable bonds is 7. The van der Waals surface area contributed by atoms with Gasteiger partial charge in [0, 0.05) is 5.56 Å². The molecule has 0 aliphatic rings. The monoisotopic (exact) mass is 424 g/mol. The molecule has 0 aliphatic heterocycles. The average Bonchev–Trinajstić information content (AvgIpc) is 2.73. The number of H-pyrrole nitrogens is 1. The Morgan fingerprint density at radius 1 is 1.16 bits per heavy atom. The molecular weight excluding hydrogens is 403 g/mol. The summed E-state index contributed by atoms with van der Waals surface area (Å²) in [6.45, 7) is 3.80. The number of hydrogen-bond acceptors (Lipinski definition) is 6. The van der Waals surface area contributed by atoms with E-state index in [1.807, 2.05) is 13.8 Å². The van der Waals surface area contributed by atoms with E-state index < -0.39 is 17.4 Å². The summed E-state index contributed by atoms with van der Waals surface area (Å²) in [5.41, 5.74) is 3.03. The topological polar surface area (TPSA) is 106 Å². The molecule has 0 atom stereocenters. The average molecular weight is 424 g/mol. The Kier molecular flexibility index (Phi) is 6.76. The van der Waals surface area contributed by atoms with Crippen molar-refractivity contribution in [2.45, 2.75) is 20.0 Å². The largest absolute Gasteiger partial charge is 0.493 e. The van der Waals surface area contributed by atoms with Crippen molar-refractivity contribution in [3.63, 3.8) is 0 Å². The van der Waals surface area contributed by atoms with Crippen LogP contribution in [0.25, 0.3) is 11.3 Å². The van der Waals surface area contributed by atoms with E-state index in [9.17, 15) is 14.0 Å². The maximum atomic E-state index is 13.1. The summed E-state index contributed by atoms with van der Waals surface area (Å²) >= 11 is 0. The van der Waals surface area contributed by atoms with Crippen LogP contribution >= 0.6 is 0 Å². The smallest absolute Gasteiger partial charge is 0.346 e. The summed E-state index contributed by atoms with van der Waals surface area (Å²) < 4.78 is 24.1. The first-order valence-electron chi connectivity index (χ1n) is 9.41. The van der Waals surface area contributed by atoms with Crippen molar-refractivity contribution in [1.29, 1.82) is 0 Å². The van der Waals surface area contributed by atoms with Crippen molar-refractivity contribution in [2.24, 2.45) is 5.10 Å². The zero-order valence-electron chi connectivity index (χ0n) is 17.2. The first-order valence-corrected chi connectivity index (χ1v) is 9.41. The minimum Gasteiger partial charge on any atom is -0.493 e. The number of benzene rings is 2. The minimum absolute atomic E-state index is 0.0324. The molecule has 8 nitrogen and oxygen atoms in total. The second kappa shape index (κ2) is 9.66. The summed E-state index contributed by atoms with van der Waals surface area (Å²) in [4.78, 5) is 30.4. The second-order valence-electron chi connectivity index (χ2n) is 6.77. The van der Waals surface area contributed by atoms with Gasteiger partial charge in [-0.05, 0) is 67.9 Å². The molecule has 0 unspecified atom stereocenters. The third-order valence-corrected chi connectivity index (χ3v) is 4.06. The molecule has 1 amide bonds. The number of carbonyl (C=O) groups is 1. The van der Waals surface area contributed by atoms with Crippen molar-refractivity contribution in [3.05, 3.63) is 76.1 Å². The molecule has 0 bridgehead atoms. The summed E-state index contributed by atoms with van der Waals surface area (Å²) in [5, 5.41) is 3.92. The Morgan fingerprint density at radius 3 is 2.58 bits per heavy atom. The summed E-state index contributed by atoms with van der Waals surface area (Å²) in [7, 11) is 1.55. The summed E-state index contributed by atoms with van der Waals surface area (Å²) in [6.07, 6.45) is 1.39. The molecule has 160 valence electrons. The molecule has 1 aromatic heterocycles. The van der Waals surface area contributed by atoms with Crippen LogP contribution < -0.4 is 20.6 Å². The number of ether oxygens (including phenoxy) is 2. The summed E-state index contributed by atoms with van der Waals surface area (Å²) in [6, 6.07) is 12.0. The van der Waals surface area contributed by atoms with Gasteiger partial charge in [-0.2, -0.15) is 10.1 Å². The highest BCUT2D eigenvalue weighted by molar-refractivity contribution is 5.94. The third-order valence-electron chi connectivity index (χ3n) is 4.06. The van der Waals surface area contributed by atoms with Gasteiger partial charge in [-0.3, -0.25) is 4.79 Å². The zero-order chi connectivity index (χ0) is 22.4. The molecular formula is C22H21FN4O4. The highest BCUT2D eigenvalue weighted by Gasteiger charge is 2.11. The zero-order valence-corrected chi connectivity index (χ0v) is 17.2. The minimum atomic E-state index is -0.707. The number of carbonyl (C=O) groups excluding carboxylic acids is 1. The van der Waals surface area contributed by atoms with E-state index in [-0.39, 0.29) is 17.5 Å². The molecule has 0 saturated carbocycles. The van der Waals surface area contributed by atoms with Gasteiger partial charge in [0.15, 0.2) is 11.5 Å². The van der Waals surface area contributed by atoms with Gasteiger partial charge >= 0.3 is 5.69 Å². The lowest BCUT2D eigenvalue weighted by Gasteiger charge is -2.13. The number of aromatic nitrogens is 2. The van der Waals surface area contributed by atoms with Gasteiger partial charge in [-0.15, -0.1) is 0 Å². The maximum absolute atomic E-state index is 13.1. The van der Waals surface area contributed by atoms with Crippen LogP contribution in [0.1, 0.15) is 29.9 Å². The lowest BCUT2D eigenvalue weighted by molar-refractivity contribution is 0.0949. The number of nitrogens with zero attached hydrogens (tertiary/aromatic N) is 2. The van der Waals surface area contributed by atoms with Gasteiger partial charge in [0.2, 0.25) is 0 Å². The Morgan fingerprint density at radius 2 is 1.90 bits per heavy atom. The predicted molar refractivity (Wildman–Crippen MR) is 114 cm³/mol. The van der Waals surface area contributed by atoms with E-state index in [0.29, 0.717) is 22.6 Å². The van der Waals surface area contributed by atoms with Crippen LogP contribution in [0.15, 0.2) is 58.4 Å². The van der Waals surface area contributed by atoms with Crippen molar-refractivity contribution in [2.75, 3.05) is 7.11 Å². The van der Waals surface area contributed by atoms with Crippen LogP contribution in [0.2, 0.25) is 0 Å². The van der Waals surface area contributed by atoms with Gasteiger partial charge in [-0.25, -0.2) is 14.6 Å². The number of amides is 1. The van der Waals surface area contributed by atoms with E-state index in [4.69, 9.17) is 9.47 Å². The quantitative estimate of drug-likeness (QED) is 0.448. The van der Waals surface area contributed by atoms with Crippen molar-refractivity contribution < 1.29 is 18.7 Å². The van der Waals surface area contributed by atoms with Crippen LogP contribution in [0.4, 0.5) is 4.39 Å². The Hall–Kier alpha value is -4.01. The van der Waals surface area contributed by atoms with Gasteiger partial charge in [-0.1, -0.05) is 0 Å². The highest BCUT2D eigenvalue weighted by atomic mass is 19.1. The number of hydrazone groups is 1. The predicted octanol–water partition coefficient (Wildman–Crippen LogP) is 3.14. The molecule has 1 heterocycles. The Balaban J connectivity index is 1.76. The third kappa shape index (κ3) is 5.75. The van der Waals surface area contributed by atoms with Crippen molar-refractivity contribution in [1.82, 2.24) is 15.4 Å². The highest BCUT2D eigenvalue weighted by Crippen LogP contribution is 2.28. The van der Waals surface area contributed by atoms with Gasteiger partial charge in [0.05, 0.1) is 25.1 Å². The number of hydrogen-bond donors (Lipinski definition) is 2. The van der Waals surface area contributed by atoms with E-state index in [2.05, 4.69) is 20.5 Å². The lowest BCUT2D eigenvalue weighted by atomic mass is 10.1. The number of methoxy groups -OCH3 is 1. The van der Waals surface area contributed by atoms with Crippen LogP contribution in [-0.4, -0.2) is 35.3 Å². The van der Waals surface area contributed by atoms with Crippen LogP contribution in [0.3, 0.4) is 0 Å². The molecule has 0 radical (unpaired) electrons. The van der Waals surface area contributed by atoms with Crippen molar-refractivity contribution in [3.8, 4) is 22.8 Å². The van der Waals surface area contributed by atoms with Crippen LogP contribution in [-0.2, 0) is 0 Å². The van der Waals surface area contributed by atoms with Gasteiger partial charge in [0.1, 0.15) is 11.5 Å². The molecule has 31 heavy (non-hydrogen) atoms. The molecule has 3 aromatic rings. The van der Waals surface area contributed by atoms with Gasteiger partial charge < -0.3 is 14.5 Å². The van der Waals surface area contributed by atoms with E-state index in [1.165, 1.54) is 36.5 Å². The fourth-order valence-corrected chi connectivity index (χ4v) is 2.69. The first kappa shape index (κ1) is 21.7. The molecule has 0 fully saturated rings. The normalized spacial score (nSPS) is 11.0. The SMILES string of the molecule is COc1ccc(/C=N/NC(=O)c2cc(-c3ccc(F)cc3)nc(=O)[nH]2)cc1OC(C)C. The molecule has 0 aliphatic carbocycles. The number of halogens is 1. The van der Waals surface area contributed by atoms with E-state index in [1.54, 1.807) is 25.3 Å².